The Balaban J connectivity index is 0.00000225. The smallest absolute Gasteiger partial charge is 0.191 e. The predicted molar refractivity (Wildman–Crippen MR) is 115 cm³/mol. The molecule has 5 nitrogen and oxygen atoms in total. The van der Waals surface area contributed by atoms with Crippen molar-refractivity contribution >= 4 is 41.0 Å². The van der Waals surface area contributed by atoms with E-state index in [1.807, 2.05) is 43.3 Å². The molecule has 0 bridgehead atoms. The van der Waals surface area contributed by atoms with E-state index >= 15 is 0 Å². The fourth-order valence-corrected chi connectivity index (χ4v) is 2.77. The number of nitrogens with one attached hydrogen (secondary N) is 2. The van der Waals surface area contributed by atoms with Gasteiger partial charge in [0.2, 0.25) is 0 Å². The highest BCUT2D eigenvalue weighted by Crippen LogP contribution is 2.14. The molecule has 2 N–H and O–H groups in total. The zero-order valence-corrected chi connectivity index (χ0v) is 16.9. The number of nitrogens with zero attached hydrogens (tertiary/aromatic N) is 3. The summed E-state index contributed by atoms with van der Waals surface area (Å²) in [5.74, 6) is 1.84. The van der Waals surface area contributed by atoms with E-state index in [9.17, 15) is 0 Å². The van der Waals surface area contributed by atoms with E-state index in [1.54, 1.807) is 7.05 Å². The second kappa shape index (κ2) is 9.41. The number of para-hydroxylation sites is 2. The van der Waals surface area contributed by atoms with Crippen LogP contribution in [-0.4, -0.2) is 29.1 Å². The van der Waals surface area contributed by atoms with Crippen molar-refractivity contribution in [3.8, 4) is 0 Å². The Kier molecular flexibility index (Phi) is 7.24. The maximum atomic E-state index is 4.60. The molecular weight excluding hydrogens is 425 g/mol. The summed E-state index contributed by atoms with van der Waals surface area (Å²) >= 11 is 0. The first kappa shape index (κ1) is 19.2. The summed E-state index contributed by atoms with van der Waals surface area (Å²) in [4.78, 5) is 8.87. The van der Waals surface area contributed by atoms with E-state index in [2.05, 4.69) is 43.4 Å². The number of hydrogen-bond acceptors (Lipinski definition) is 2. The van der Waals surface area contributed by atoms with Crippen molar-refractivity contribution in [1.82, 2.24) is 20.2 Å². The number of aryl methyl sites for hydroxylation is 1. The molecule has 0 unspecified atom stereocenters. The second-order valence-corrected chi connectivity index (χ2v) is 5.64. The highest BCUT2D eigenvalue weighted by molar-refractivity contribution is 14.0. The van der Waals surface area contributed by atoms with Gasteiger partial charge in [0.05, 0.1) is 11.0 Å². The molecule has 3 aromatic rings. The van der Waals surface area contributed by atoms with E-state index in [0.29, 0.717) is 0 Å². The molecule has 0 saturated carbocycles. The maximum absolute atomic E-state index is 4.60. The van der Waals surface area contributed by atoms with Gasteiger partial charge in [0.1, 0.15) is 5.82 Å². The summed E-state index contributed by atoms with van der Waals surface area (Å²) in [6, 6.07) is 18.5. The number of benzene rings is 2. The van der Waals surface area contributed by atoms with Crippen LogP contribution in [0.15, 0.2) is 59.6 Å². The molecule has 0 saturated heterocycles. The number of fused-ring (bicyclic) bond motifs is 1. The van der Waals surface area contributed by atoms with Crippen molar-refractivity contribution in [2.24, 2.45) is 4.99 Å². The average Bonchev–Trinajstić information content (AvgIpc) is 2.94. The quantitative estimate of drug-likeness (QED) is 0.357. The standard InChI is InChI=1S/C19H23N5.HI/c1-15-23-17-10-6-7-11-18(17)24(15)13-12-21-19(20-2)22-14-16-8-4-3-5-9-16;/h3-11H,12-14H2,1-2H3,(H2,20,21,22);1H. The topological polar surface area (TPSA) is 54.2 Å². The molecular formula is C19H24IN5. The lowest BCUT2D eigenvalue weighted by atomic mass is 10.2. The van der Waals surface area contributed by atoms with Crippen molar-refractivity contribution in [3.63, 3.8) is 0 Å². The molecule has 132 valence electrons. The number of rotatable bonds is 5. The van der Waals surface area contributed by atoms with Crippen LogP contribution in [0.25, 0.3) is 11.0 Å². The lowest BCUT2D eigenvalue weighted by Gasteiger charge is -2.13. The molecule has 1 aromatic heterocycles. The van der Waals surface area contributed by atoms with Crippen LogP contribution < -0.4 is 10.6 Å². The third-order valence-electron chi connectivity index (χ3n) is 4.00. The molecule has 0 spiro atoms. The zero-order chi connectivity index (χ0) is 16.8. The van der Waals surface area contributed by atoms with Crippen molar-refractivity contribution in [3.05, 3.63) is 66.0 Å². The number of imidazole rings is 1. The molecule has 6 heteroatoms. The van der Waals surface area contributed by atoms with Crippen molar-refractivity contribution in [2.45, 2.75) is 20.0 Å². The van der Waals surface area contributed by atoms with Gasteiger partial charge in [0, 0.05) is 26.7 Å². The van der Waals surface area contributed by atoms with Gasteiger partial charge in [0.15, 0.2) is 5.96 Å². The Morgan fingerprint density at radius 1 is 1.04 bits per heavy atom. The van der Waals surface area contributed by atoms with Gasteiger partial charge in [-0.3, -0.25) is 4.99 Å². The van der Waals surface area contributed by atoms with Gasteiger partial charge in [-0.05, 0) is 24.6 Å². The van der Waals surface area contributed by atoms with Crippen LogP contribution in [0.1, 0.15) is 11.4 Å². The summed E-state index contributed by atoms with van der Waals surface area (Å²) in [6.07, 6.45) is 0. The van der Waals surface area contributed by atoms with Crippen molar-refractivity contribution < 1.29 is 0 Å². The lowest BCUT2D eigenvalue weighted by molar-refractivity contribution is 0.660. The molecule has 2 aromatic carbocycles. The van der Waals surface area contributed by atoms with Gasteiger partial charge in [0.25, 0.3) is 0 Å². The van der Waals surface area contributed by atoms with E-state index in [1.165, 1.54) is 11.1 Å². The van der Waals surface area contributed by atoms with Gasteiger partial charge < -0.3 is 15.2 Å². The Morgan fingerprint density at radius 3 is 2.52 bits per heavy atom. The molecule has 0 amide bonds. The number of hydrogen-bond donors (Lipinski definition) is 2. The molecule has 0 radical (unpaired) electrons. The molecule has 0 aliphatic heterocycles. The first-order valence-electron chi connectivity index (χ1n) is 8.18. The molecule has 25 heavy (non-hydrogen) atoms. The van der Waals surface area contributed by atoms with Crippen LogP contribution in [0.4, 0.5) is 0 Å². The monoisotopic (exact) mass is 449 g/mol. The highest BCUT2D eigenvalue weighted by atomic mass is 127. The number of guanidine groups is 1. The van der Waals surface area contributed by atoms with E-state index < -0.39 is 0 Å². The summed E-state index contributed by atoms with van der Waals surface area (Å²) in [5.41, 5.74) is 3.45. The Bertz CT molecular complexity index is 826. The first-order valence-corrected chi connectivity index (χ1v) is 8.18. The fraction of sp³-hybridized carbons (Fsp3) is 0.263. The minimum Gasteiger partial charge on any atom is -0.355 e. The molecule has 0 fully saturated rings. The van der Waals surface area contributed by atoms with Gasteiger partial charge in [-0.2, -0.15) is 0 Å². The van der Waals surface area contributed by atoms with E-state index in [4.69, 9.17) is 0 Å². The Labute approximate surface area is 165 Å². The van der Waals surface area contributed by atoms with Crippen LogP contribution in [0, 0.1) is 6.92 Å². The molecule has 0 atom stereocenters. The minimum absolute atomic E-state index is 0. The molecule has 0 aliphatic carbocycles. The normalized spacial score (nSPS) is 11.2. The third kappa shape index (κ3) is 4.94. The average molecular weight is 449 g/mol. The first-order chi connectivity index (χ1) is 11.8. The van der Waals surface area contributed by atoms with E-state index in [-0.39, 0.29) is 24.0 Å². The predicted octanol–water partition coefficient (Wildman–Crippen LogP) is 3.33. The largest absolute Gasteiger partial charge is 0.355 e. The fourth-order valence-electron chi connectivity index (χ4n) is 2.77. The number of aliphatic imine (C=N–C) groups is 1. The SMILES string of the molecule is CN=C(NCCn1c(C)nc2ccccc21)NCc1ccccc1.I. The summed E-state index contributed by atoms with van der Waals surface area (Å²) in [7, 11) is 1.79. The molecule has 0 aliphatic rings. The van der Waals surface area contributed by atoms with E-state index in [0.717, 1.165) is 36.9 Å². The summed E-state index contributed by atoms with van der Waals surface area (Å²) < 4.78 is 2.23. The van der Waals surface area contributed by atoms with Crippen molar-refractivity contribution in [2.75, 3.05) is 13.6 Å². The summed E-state index contributed by atoms with van der Waals surface area (Å²) in [5, 5.41) is 6.69. The van der Waals surface area contributed by atoms with Gasteiger partial charge in [-0.25, -0.2) is 4.98 Å². The lowest BCUT2D eigenvalue weighted by Crippen LogP contribution is -2.38. The number of aromatic nitrogens is 2. The van der Waals surface area contributed by atoms with Crippen LogP contribution in [-0.2, 0) is 13.1 Å². The second-order valence-electron chi connectivity index (χ2n) is 5.64. The van der Waals surface area contributed by atoms with Crippen LogP contribution in [0.3, 0.4) is 0 Å². The highest BCUT2D eigenvalue weighted by Gasteiger charge is 2.06. The molecule has 3 rings (SSSR count). The van der Waals surface area contributed by atoms with Crippen LogP contribution in [0.5, 0.6) is 0 Å². The molecule has 1 heterocycles. The Morgan fingerprint density at radius 2 is 1.76 bits per heavy atom. The Hall–Kier alpha value is -2.09. The summed E-state index contributed by atoms with van der Waals surface area (Å²) in [6.45, 7) is 4.43. The van der Waals surface area contributed by atoms with Crippen molar-refractivity contribution in [1.29, 1.82) is 0 Å². The van der Waals surface area contributed by atoms with Crippen LogP contribution in [0.2, 0.25) is 0 Å². The zero-order valence-electron chi connectivity index (χ0n) is 14.6. The van der Waals surface area contributed by atoms with Gasteiger partial charge in [-0.15, -0.1) is 24.0 Å². The van der Waals surface area contributed by atoms with Gasteiger partial charge >= 0.3 is 0 Å². The van der Waals surface area contributed by atoms with Crippen LogP contribution >= 0.6 is 24.0 Å². The van der Waals surface area contributed by atoms with Gasteiger partial charge in [-0.1, -0.05) is 42.5 Å². The third-order valence-corrected chi connectivity index (χ3v) is 4.00. The number of halogens is 1. The minimum atomic E-state index is 0. The maximum Gasteiger partial charge on any atom is 0.191 e.